The van der Waals surface area contributed by atoms with Crippen molar-refractivity contribution in [1.82, 2.24) is 15.5 Å². The maximum atomic E-state index is 12.9. The van der Waals surface area contributed by atoms with Crippen LogP contribution in [0.3, 0.4) is 0 Å². The van der Waals surface area contributed by atoms with E-state index in [0.717, 1.165) is 36.8 Å². The summed E-state index contributed by atoms with van der Waals surface area (Å²) in [7, 11) is 0. The first-order valence-corrected chi connectivity index (χ1v) is 11.8. The molecule has 2 aromatic carbocycles. The molecule has 1 fully saturated rings. The fraction of sp³-hybridized carbons (Fsp3) is 0.346. The molecular weight excluding hydrogens is 448 g/mol. The van der Waals surface area contributed by atoms with Gasteiger partial charge in [0, 0.05) is 36.3 Å². The average Bonchev–Trinajstić information content (AvgIpc) is 3.19. The third kappa shape index (κ3) is 5.56. The lowest BCUT2D eigenvalue weighted by Crippen LogP contribution is -2.52. The molecule has 2 aliphatic rings. The summed E-state index contributed by atoms with van der Waals surface area (Å²) in [5, 5.41) is 7.77. The number of hydrogen-bond donors (Lipinski definition) is 3. The summed E-state index contributed by atoms with van der Waals surface area (Å²) in [5.41, 5.74) is 3.85. The topological polar surface area (TPSA) is 125 Å². The number of rotatable bonds is 10. The first-order valence-electron chi connectivity index (χ1n) is 11.8. The second kappa shape index (κ2) is 10.9. The lowest BCUT2D eigenvalue weighted by atomic mass is 9.98. The van der Waals surface area contributed by atoms with Crippen molar-refractivity contribution >= 4 is 35.7 Å². The maximum Gasteiger partial charge on any atom is 0.255 e. The minimum absolute atomic E-state index is 0.157. The highest BCUT2D eigenvalue weighted by molar-refractivity contribution is 6.05. The van der Waals surface area contributed by atoms with E-state index in [-0.39, 0.29) is 24.1 Å². The van der Waals surface area contributed by atoms with Gasteiger partial charge in [0.1, 0.15) is 6.04 Å². The van der Waals surface area contributed by atoms with Crippen LogP contribution in [0.25, 0.3) is 0 Å². The van der Waals surface area contributed by atoms with Crippen molar-refractivity contribution in [3.63, 3.8) is 0 Å². The predicted molar refractivity (Wildman–Crippen MR) is 129 cm³/mol. The lowest BCUT2D eigenvalue weighted by molar-refractivity contribution is -0.136. The average molecular weight is 477 g/mol. The molecule has 9 nitrogen and oxygen atoms in total. The van der Waals surface area contributed by atoms with Crippen molar-refractivity contribution < 1.29 is 24.0 Å². The summed E-state index contributed by atoms with van der Waals surface area (Å²) in [6, 6.07) is 11.8. The van der Waals surface area contributed by atoms with Crippen LogP contribution in [0.1, 0.15) is 63.9 Å². The van der Waals surface area contributed by atoms with E-state index in [1.54, 1.807) is 35.2 Å². The van der Waals surface area contributed by atoms with Gasteiger partial charge in [-0.2, -0.15) is 0 Å². The number of unbranched alkanes of at least 4 members (excludes halogenated alkanes) is 2. The summed E-state index contributed by atoms with van der Waals surface area (Å²) in [5.74, 6) is -1.01. The number of piperidine rings is 1. The number of benzene rings is 2. The van der Waals surface area contributed by atoms with Gasteiger partial charge in [-0.05, 0) is 67.1 Å². The molecule has 5 amide bonds. The van der Waals surface area contributed by atoms with E-state index in [1.165, 1.54) is 0 Å². The van der Waals surface area contributed by atoms with E-state index in [2.05, 4.69) is 16.0 Å². The molecule has 2 aromatic rings. The molecule has 0 aliphatic carbocycles. The Labute approximate surface area is 203 Å². The zero-order chi connectivity index (χ0) is 24.8. The van der Waals surface area contributed by atoms with E-state index < -0.39 is 11.9 Å². The number of fused-ring (bicyclic) bond motifs is 1. The molecule has 3 N–H and O–H groups in total. The minimum Gasteiger partial charge on any atom is -0.352 e. The first kappa shape index (κ1) is 24.1. The van der Waals surface area contributed by atoms with Crippen LogP contribution in [0.5, 0.6) is 0 Å². The Morgan fingerprint density at radius 1 is 1.06 bits per heavy atom. The van der Waals surface area contributed by atoms with Crippen LogP contribution in [0, 0.1) is 0 Å². The molecule has 0 radical (unpaired) electrons. The Kier molecular flexibility index (Phi) is 7.54. The van der Waals surface area contributed by atoms with E-state index in [0.29, 0.717) is 42.7 Å². The van der Waals surface area contributed by atoms with E-state index >= 15 is 0 Å². The number of nitrogens with one attached hydrogen (secondary N) is 3. The number of anilines is 1. The van der Waals surface area contributed by atoms with Gasteiger partial charge in [0.25, 0.3) is 11.8 Å². The number of carbonyl (C=O) groups is 5. The van der Waals surface area contributed by atoms with E-state index in [4.69, 9.17) is 0 Å². The van der Waals surface area contributed by atoms with Gasteiger partial charge >= 0.3 is 0 Å². The number of hydrogen-bond acceptors (Lipinski definition) is 5. The molecule has 0 aromatic heterocycles. The zero-order valence-electron chi connectivity index (χ0n) is 19.3. The summed E-state index contributed by atoms with van der Waals surface area (Å²) in [4.78, 5) is 60.9. The molecule has 2 aliphatic heterocycles. The molecule has 0 saturated carbocycles. The van der Waals surface area contributed by atoms with Gasteiger partial charge in [-0.1, -0.05) is 18.6 Å². The highest BCUT2D eigenvalue weighted by Gasteiger charge is 2.39. The Morgan fingerprint density at radius 2 is 1.86 bits per heavy atom. The number of imide groups is 1. The lowest BCUT2D eigenvalue weighted by Gasteiger charge is -2.29. The Hall–Kier alpha value is -4.01. The molecule has 4 rings (SSSR count). The monoisotopic (exact) mass is 476 g/mol. The van der Waals surface area contributed by atoms with Gasteiger partial charge in [0.2, 0.25) is 18.2 Å². The van der Waals surface area contributed by atoms with E-state index in [1.807, 2.05) is 12.1 Å². The van der Waals surface area contributed by atoms with Gasteiger partial charge in [-0.3, -0.25) is 29.3 Å². The second-order valence-electron chi connectivity index (χ2n) is 8.75. The molecular formula is C26H28N4O5. The minimum atomic E-state index is -0.610. The molecule has 0 spiro atoms. The van der Waals surface area contributed by atoms with Crippen molar-refractivity contribution in [3.8, 4) is 0 Å². The fourth-order valence-corrected chi connectivity index (χ4v) is 4.59. The highest BCUT2D eigenvalue weighted by Crippen LogP contribution is 2.30. The molecule has 0 bridgehead atoms. The Bertz CT molecular complexity index is 1140. The van der Waals surface area contributed by atoms with Crippen molar-refractivity contribution in [2.24, 2.45) is 0 Å². The molecule has 35 heavy (non-hydrogen) atoms. The van der Waals surface area contributed by atoms with Gasteiger partial charge < -0.3 is 15.5 Å². The van der Waals surface area contributed by atoms with Crippen molar-refractivity contribution in [2.75, 3.05) is 11.9 Å². The summed E-state index contributed by atoms with van der Waals surface area (Å²) >= 11 is 0. The smallest absolute Gasteiger partial charge is 0.255 e. The van der Waals surface area contributed by atoms with Crippen LogP contribution < -0.4 is 16.0 Å². The number of nitrogens with zero attached hydrogens (tertiary/aromatic N) is 1. The van der Waals surface area contributed by atoms with Crippen LogP contribution in [0.15, 0.2) is 42.5 Å². The van der Waals surface area contributed by atoms with Crippen LogP contribution in [0.2, 0.25) is 0 Å². The van der Waals surface area contributed by atoms with Crippen LogP contribution in [0.4, 0.5) is 5.69 Å². The zero-order valence-corrected chi connectivity index (χ0v) is 19.3. The molecule has 9 heteroatoms. The predicted octanol–water partition coefficient (Wildman–Crippen LogP) is 2.16. The third-order valence-corrected chi connectivity index (χ3v) is 6.46. The largest absolute Gasteiger partial charge is 0.352 e. The van der Waals surface area contributed by atoms with Gasteiger partial charge in [-0.15, -0.1) is 0 Å². The number of aryl methyl sites for hydroxylation is 1. The summed E-state index contributed by atoms with van der Waals surface area (Å²) in [6.45, 7) is 0.940. The van der Waals surface area contributed by atoms with E-state index in [9.17, 15) is 24.0 Å². The van der Waals surface area contributed by atoms with Crippen molar-refractivity contribution in [1.29, 1.82) is 0 Å². The van der Waals surface area contributed by atoms with Gasteiger partial charge in [0.15, 0.2) is 0 Å². The van der Waals surface area contributed by atoms with Crippen LogP contribution in [-0.2, 0) is 27.3 Å². The Morgan fingerprint density at radius 3 is 2.60 bits per heavy atom. The van der Waals surface area contributed by atoms with Crippen molar-refractivity contribution in [2.45, 2.75) is 51.1 Å². The number of carbonyl (C=O) groups excluding carboxylic acids is 5. The third-order valence-electron chi connectivity index (χ3n) is 6.46. The first-order chi connectivity index (χ1) is 17.0. The molecule has 1 atom stereocenters. The van der Waals surface area contributed by atoms with Crippen LogP contribution in [-0.4, -0.2) is 47.5 Å². The quantitative estimate of drug-likeness (QED) is 0.275. The molecule has 1 saturated heterocycles. The number of amides is 5. The second-order valence-corrected chi connectivity index (χ2v) is 8.75. The van der Waals surface area contributed by atoms with Gasteiger partial charge in [-0.25, -0.2) is 0 Å². The molecule has 182 valence electrons. The van der Waals surface area contributed by atoms with Gasteiger partial charge in [0.05, 0.1) is 0 Å². The standard InChI is InChI=1S/C26H28N4O5/c31-16-28-19-10-8-18(9-11-19)24(33)27-14-3-1-2-5-17-6-4-7-20-21(17)15-30(26(20)35)22-12-13-23(32)29-25(22)34/h4,6-11,16,22H,1-3,5,12-15H2,(H,27,33)(H,28,31)(H,29,32,34). The fourth-order valence-electron chi connectivity index (χ4n) is 4.59. The molecule has 2 heterocycles. The SMILES string of the molecule is O=CNc1ccc(C(=O)NCCCCCc2cccc3c2CN(C2CCC(=O)NC2=O)C3=O)cc1. The summed E-state index contributed by atoms with van der Waals surface area (Å²) < 4.78 is 0. The summed E-state index contributed by atoms with van der Waals surface area (Å²) in [6.07, 6.45) is 4.63. The van der Waals surface area contributed by atoms with Crippen molar-refractivity contribution in [3.05, 3.63) is 64.7 Å². The molecule has 1 unspecified atom stereocenters. The normalized spacial score (nSPS) is 17.1. The van der Waals surface area contributed by atoms with Crippen LogP contribution >= 0.6 is 0 Å². The Balaban J connectivity index is 1.23. The highest BCUT2D eigenvalue weighted by atomic mass is 16.2. The maximum absolute atomic E-state index is 12.9.